The maximum Gasteiger partial charge on any atom is 0.410 e. The minimum Gasteiger partial charge on any atom is -0.475 e. The molecular formula is C37H50N4O7. The van der Waals surface area contributed by atoms with Gasteiger partial charge in [-0.3, -0.25) is 9.59 Å². The van der Waals surface area contributed by atoms with Crippen LogP contribution in [0.3, 0.4) is 0 Å². The van der Waals surface area contributed by atoms with E-state index in [1.165, 1.54) is 0 Å². The molecular weight excluding hydrogens is 612 g/mol. The van der Waals surface area contributed by atoms with Crippen LogP contribution in [-0.2, 0) is 20.9 Å². The third kappa shape index (κ3) is 7.88. The van der Waals surface area contributed by atoms with Gasteiger partial charge in [-0.25, -0.2) is 9.59 Å². The Kier molecular flexibility index (Phi) is 10.6. The van der Waals surface area contributed by atoms with Gasteiger partial charge in [0.05, 0.1) is 11.7 Å². The van der Waals surface area contributed by atoms with Crippen LogP contribution >= 0.6 is 0 Å². The van der Waals surface area contributed by atoms with E-state index in [9.17, 15) is 19.2 Å². The first-order chi connectivity index (χ1) is 22.8. The summed E-state index contributed by atoms with van der Waals surface area (Å²) in [5, 5.41) is 2.77. The van der Waals surface area contributed by atoms with E-state index in [-0.39, 0.29) is 49.7 Å². The molecule has 11 heteroatoms. The Hall–Kier alpha value is -4.28. The Labute approximate surface area is 283 Å². The fourth-order valence-corrected chi connectivity index (χ4v) is 6.97. The summed E-state index contributed by atoms with van der Waals surface area (Å²) < 4.78 is 17.5. The molecule has 11 nitrogen and oxygen atoms in total. The largest absolute Gasteiger partial charge is 0.475 e. The summed E-state index contributed by atoms with van der Waals surface area (Å²) in [7, 11) is 0. The summed E-state index contributed by atoms with van der Waals surface area (Å²) in [4.78, 5) is 59.1. The van der Waals surface area contributed by atoms with E-state index in [2.05, 4.69) is 5.32 Å². The molecule has 2 heterocycles. The molecule has 5 rings (SSSR count). The number of nitrogens with one attached hydrogen (secondary N) is 1. The van der Waals surface area contributed by atoms with Gasteiger partial charge in [0, 0.05) is 37.8 Å². The number of alkyl carbamates (subject to hydrolysis) is 1. The van der Waals surface area contributed by atoms with Crippen molar-refractivity contribution in [1.82, 2.24) is 15.1 Å². The second-order valence-electron chi connectivity index (χ2n) is 14.4. The predicted octanol–water partition coefficient (Wildman–Crippen LogP) is 6.21. The van der Waals surface area contributed by atoms with Gasteiger partial charge in [0.1, 0.15) is 18.0 Å². The highest BCUT2D eigenvalue weighted by atomic mass is 16.6. The quantitative estimate of drug-likeness (QED) is 0.357. The molecule has 2 aromatic rings. The second-order valence-corrected chi connectivity index (χ2v) is 14.4. The number of benzene rings is 2. The Bertz CT molecular complexity index is 1500. The molecule has 2 aliphatic heterocycles. The molecule has 1 N–H and O–H groups in total. The van der Waals surface area contributed by atoms with Gasteiger partial charge in [-0.2, -0.15) is 0 Å². The van der Waals surface area contributed by atoms with Crippen molar-refractivity contribution in [2.45, 2.75) is 110 Å². The first-order valence-electron chi connectivity index (χ1n) is 17.2. The lowest BCUT2D eigenvalue weighted by Crippen LogP contribution is -2.56. The first-order valence-corrected chi connectivity index (χ1v) is 17.2. The smallest absolute Gasteiger partial charge is 0.410 e. The van der Waals surface area contributed by atoms with Gasteiger partial charge in [-0.15, -0.1) is 0 Å². The molecule has 1 atom stereocenters. The molecule has 48 heavy (non-hydrogen) atoms. The Balaban J connectivity index is 1.36. The topological polar surface area (TPSA) is 118 Å². The molecule has 1 saturated carbocycles. The number of amides is 4. The van der Waals surface area contributed by atoms with Gasteiger partial charge in [-0.05, 0) is 103 Å². The number of piperidine rings is 1. The molecule has 2 aromatic carbocycles. The standard InChI is InChI=1S/C37H50N4O7/c1-25(2)41(28-15-12-19-39(23-28)35(45)48-36(4,5)6)32(42)29-22-30-31(21-26(29)3)47-37(16-10-11-17-37)33(43)40(30)20-18-38-34(44)46-24-27-13-8-7-9-14-27/h7-9,13-14,21-22,25,28H,10-12,15-20,23-24H2,1-6H3,(H,38,44)/t28-/m1/s1. The second kappa shape index (κ2) is 14.5. The van der Waals surface area contributed by atoms with Crippen LogP contribution in [0.5, 0.6) is 5.75 Å². The number of likely N-dealkylation sites (tertiary alicyclic amines) is 1. The lowest BCUT2D eigenvalue weighted by Gasteiger charge is -2.43. The van der Waals surface area contributed by atoms with Gasteiger partial charge in [-0.1, -0.05) is 30.3 Å². The summed E-state index contributed by atoms with van der Waals surface area (Å²) in [6, 6.07) is 12.7. The van der Waals surface area contributed by atoms with Crippen molar-refractivity contribution in [3.63, 3.8) is 0 Å². The maximum absolute atomic E-state index is 14.4. The molecule has 3 aliphatic rings. The van der Waals surface area contributed by atoms with E-state index < -0.39 is 17.3 Å². The molecule has 0 bridgehead atoms. The Morgan fingerprint density at radius 2 is 1.79 bits per heavy atom. The zero-order valence-electron chi connectivity index (χ0n) is 29.2. The van der Waals surface area contributed by atoms with Gasteiger partial charge in [0.2, 0.25) is 0 Å². The average Bonchev–Trinajstić information content (AvgIpc) is 3.50. The van der Waals surface area contributed by atoms with Crippen LogP contribution < -0.4 is 15.0 Å². The predicted molar refractivity (Wildman–Crippen MR) is 182 cm³/mol. The number of carbonyl (C=O) groups is 4. The molecule has 2 fully saturated rings. The summed E-state index contributed by atoms with van der Waals surface area (Å²) >= 11 is 0. The van der Waals surface area contributed by atoms with Crippen LogP contribution in [-0.4, -0.2) is 83.3 Å². The van der Waals surface area contributed by atoms with E-state index in [0.717, 1.165) is 36.8 Å². The SMILES string of the molecule is Cc1cc2c(cc1C(=O)N(C(C)C)[C@@H]1CCCN(C(=O)OC(C)(C)C)C1)N(CCNC(=O)OCc1ccccc1)C(=O)C1(CCCC1)O2. The van der Waals surface area contributed by atoms with Crippen LogP contribution in [0.25, 0.3) is 0 Å². The van der Waals surface area contributed by atoms with Gasteiger partial charge in [0.15, 0.2) is 5.60 Å². The highest BCUT2D eigenvalue weighted by Crippen LogP contribution is 2.46. The minimum atomic E-state index is -0.948. The molecule has 4 amide bonds. The maximum atomic E-state index is 14.4. The number of rotatable bonds is 8. The summed E-state index contributed by atoms with van der Waals surface area (Å²) in [5.74, 6) is 0.231. The molecule has 0 unspecified atom stereocenters. The number of hydrogen-bond acceptors (Lipinski definition) is 7. The summed E-state index contributed by atoms with van der Waals surface area (Å²) in [5.41, 5.74) is 1.04. The van der Waals surface area contributed by atoms with E-state index in [0.29, 0.717) is 42.9 Å². The summed E-state index contributed by atoms with van der Waals surface area (Å²) in [6.07, 6.45) is 3.57. The van der Waals surface area contributed by atoms with E-state index in [1.807, 2.05) is 82.8 Å². The van der Waals surface area contributed by atoms with Crippen molar-refractivity contribution in [2.75, 3.05) is 31.1 Å². The van der Waals surface area contributed by atoms with E-state index in [4.69, 9.17) is 14.2 Å². The van der Waals surface area contributed by atoms with Crippen LogP contribution in [0, 0.1) is 6.92 Å². The number of carbonyl (C=O) groups excluding carboxylic acids is 4. The highest BCUT2D eigenvalue weighted by molar-refractivity contribution is 6.05. The van der Waals surface area contributed by atoms with Crippen LogP contribution in [0.2, 0.25) is 0 Å². The van der Waals surface area contributed by atoms with Crippen molar-refractivity contribution in [2.24, 2.45) is 0 Å². The number of ether oxygens (including phenoxy) is 3. The lowest BCUT2D eigenvalue weighted by molar-refractivity contribution is -0.135. The number of fused-ring (bicyclic) bond motifs is 1. The number of aryl methyl sites for hydroxylation is 1. The zero-order chi connectivity index (χ0) is 34.6. The molecule has 260 valence electrons. The number of nitrogens with zero attached hydrogens (tertiary/aromatic N) is 3. The van der Waals surface area contributed by atoms with E-state index in [1.54, 1.807) is 15.9 Å². The third-order valence-corrected chi connectivity index (χ3v) is 9.23. The normalized spacial score (nSPS) is 18.7. The fourth-order valence-electron chi connectivity index (χ4n) is 6.97. The zero-order valence-corrected chi connectivity index (χ0v) is 29.2. The molecule has 1 saturated heterocycles. The molecule has 0 radical (unpaired) electrons. The third-order valence-electron chi connectivity index (χ3n) is 9.23. The molecule has 1 spiro atoms. The van der Waals surface area contributed by atoms with Crippen LogP contribution in [0.1, 0.15) is 94.6 Å². The van der Waals surface area contributed by atoms with Crippen molar-refractivity contribution in [3.05, 3.63) is 59.2 Å². The van der Waals surface area contributed by atoms with Crippen molar-refractivity contribution >= 4 is 29.7 Å². The Morgan fingerprint density at radius 3 is 2.46 bits per heavy atom. The highest BCUT2D eigenvalue weighted by Gasteiger charge is 2.50. The fraction of sp³-hybridized carbons (Fsp3) is 0.568. The van der Waals surface area contributed by atoms with Crippen LogP contribution in [0.4, 0.5) is 15.3 Å². The van der Waals surface area contributed by atoms with Gasteiger partial charge in [0.25, 0.3) is 11.8 Å². The molecule has 0 aromatic heterocycles. The van der Waals surface area contributed by atoms with Crippen LogP contribution in [0.15, 0.2) is 42.5 Å². The number of anilines is 1. The average molecular weight is 663 g/mol. The lowest BCUT2D eigenvalue weighted by atomic mass is 9.94. The van der Waals surface area contributed by atoms with Crippen molar-refractivity contribution < 1.29 is 33.4 Å². The van der Waals surface area contributed by atoms with Gasteiger partial charge >= 0.3 is 12.2 Å². The Morgan fingerprint density at radius 1 is 1.08 bits per heavy atom. The number of hydrogen-bond donors (Lipinski definition) is 1. The van der Waals surface area contributed by atoms with E-state index >= 15 is 0 Å². The summed E-state index contributed by atoms with van der Waals surface area (Å²) in [6.45, 7) is 12.8. The first kappa shape index (κ1) is 35.0. The monoisotopic (exact) mass is 662 g/mol. The minimum absolute atomic E-state index is 0.140. The van der Waals surface area contributed by atoms with Crippen molar-refractivity contribution in [1.29, 1.82) is 0 Å². The molecule has 1 aliphatic carbocycles. The van der Waals surface area contributed by atoms with Crippen molar-refractivity contribution in [3.8, 4) is 5.75 Å². The van der Waals surface area contributed by atoms with Gasteiger partial charge < -0.3 is 34.2 Å².